The molecule has 7 heteroatoms. The zero-order valence-electron chi connectivity index (χ0n) is 17.2. The highest BCUT2D eigenvalue weighted by atomic mass is 19.1. The van der Waals surface area contributed by atoms with Gasteiger partial charge in [0.05, 0.1) is 13.2 Å². The van der Waals surface area contributed by atoms with Gasteiger partial charge in [0.2, 0.25) is 0 Å². The Morgan fingerprint density at radius 1 is 0.967 bits per heavy atom. The summed E-state index contributed by atoms with van der Waals surface area (Å²) in [6, 6.07) is 15.0. The van der Waals surface area contributed by atoms with Crippen LogP contribution in [-0.4, -0.2) is 59.0 Å². The van der Waals surface area contributed by atoms with Gasteiger partial charge in [0, 0.05) is 31.9 Å². The molecule has 0 unspecified atom stereocenters. The predicted octanol–water partition coefficient (Wildman–Crippen LogP) is 3.45. The summed E-state index contributed by atoms with van der Waals surface area (Å²) < 4.78 is 21.1. The molecule has 6 nitrogen and oxygen atoms in total. The van der Waals surface area contributed by atoms with Gasteiger partial charge in [-0.05, 0) is 55.3 Å². The third kappa shape index (κ3) is 5.79. The average molecular weight is 410 g/mol. The quantitative estimate of drug-likeness (QED) is 0.507. The van der Waals surface area contributed by atoms with Crippen molar-refractivity contribution < 1.29 is 9.13 Å². The molecule has 2 aromatic carbocycles. The summed E-state index contributed by atoms with van der Waals surface area (Å²) >= 11 is 0. The molecule has 1 aliphatic heterocycles. The van der Waals surface area contributed by atoms with Gasteiger partial charge in [-0.2, -0.15) is 5.10 Å². The van der Waals surface area contributed by atoms with Crippen molar-refractivity contribution in [3.05, 3.63) is 72.6 Å². The first kappa shape index (κ1) is 20.3. The second-order valence-corrected chi connectivity index (χ2v) is 7.60. The van der Waals surface area contributed by atoms with Gasteiger partial charge in [0.1, 0.15) is 24.2 Å². The van der Waals surface area contributed by atoms with E-state index in [1.807, 2.05) is 18.2 Å². The van der Waals surface area contributed by atoms with Gasteiger partial charge in [-0.15, -0.1) is 0 Å². The minimum Gasteiger partial charge on any atom is -0.494 e. The summed E-state index contributed by atoms with van der Waals surface area (Å²) in [5.74, 6) is 0.737. The molecule has 158 valence electrons. The lowest BCUT2D eigenvalue weighted by molar-refractivity contribution is 0.238. The molecular formula is C23H28FN5O. The third-order valence-corrected chi connectivity index (χ3v) is 5.42. The van der Waals surface area contributed by atoms with Gasteiger partial charge >= 0.3 is 0 Å². The molecule has 0 radical (unpaired) electrons. The first-order valence-corrected chi connectivity index (χ1v) is 10.5. The summed E-state index contributed by atoms with van der Waals surface area (Å²) in [6.45, 7) is 6.45. The predicted molar refractivity (Wildman–Crippen MR) is 115 cm³/mol. The van der Waals surface area contributed by atoms with Crippen LogP contribution in [0.5, 0.6) is 5.75 Å². The van der Waals surface area contributed by atoms with Crippen LogP contribution in [0.1, 0.15) is 18.4 Å². The van der Waals surface area contributed by atoms with Crippen molar-refractivity contribution in [1.82, 2.24) is 19.7 Å². The highest BCUT2D eigenvalue weighted by Crippen LogP contribution is 2.18. The standard InChI is InChI=1S/C23H28FN5O/c24-21-4-3-5-22(16-21)28-13-11-27(12-14-28)10-1-2-15-30-23-8-6-20(7-9-23)17-29-19-25-18-26-29/h3-9,16,18-19H,1-2,10-15,17H2. The fourth-order valence-electron chi connectivity index (χ4n) is 3.72. The molecule has 1 aliphatic rings. The largest absolute Gasteiger partial charge is 0.494 e. The molecule has 0 amide bonds. The van der Waals surface area contributed by atoms with Crippen molar-refractivity contribution in [2.75, 3.05) is 44.2 Å². The smallest absolute Gasteiger partial charge is 0.137 e. The molecule has 0 bridgehead atoms. The molecule has 30 heavy (non-hydrogen) atoms. The van der Waals surface area contributed by atoms with E-state index in [1.54, 1.807) is 29.5 Å². The van der Waals surface area contributed by atoms with Crippen molar-refractivity contribution in [2.45, 2.75) is 19.4 Å². The van der Waals surface area contributed by atoms with Crippen LogP contribution in [0.3, 0.4) is 0 Å². The number of anilines is 1. The molecule has 0 atom stereocenters. The number of aromatic nitrogens is 3. The van der Waals surface area contributed by atoms with Crippen molar-refractivity contribution in [3.8, 4) is 5.75 Å². The normalized spacial score (nSPS) is 14.8. The number of ether oxygens (including phenoxy) is 1. The van der Waals surface area contributed by atoms with Crippen LogP contribution in [0.25, 0.3) is 0 Å². The number of rotatable bonds is 9. The van der Waals surface area contributed by atoms with E-state index in [-0.39, 0.29) is 5.82 Å². The van der Waals surface area contributed by atoms with Gasteiger partial charge < -0.3 is 9.64 Å². The number of unbranched alkanes of at least 4 members (excludes halogenated alkanes) is 1. The molecule has 4 rings (SSSR count). The maximum absolute atomic E-state index is 13.4. The Morgan fingerprint density at radius 2 is 1.80 bits per heavy atom. The van der Waals surface area contributed by atoms with E-state index in [2.05, 4.69) is 32.0 Å². The first-order chi connectivity index (χ1) is 14.8. The third-order valence-electron chi connectivity index (χ3n) is 5.42. The molecule has 0 N–H and O–H groups in total. The molecule has 0 aliphatic carbocycles. The Morgan fingerprint density at radius 3 is 2.53 bits per heavy atom. The molecule has 0 saturated carbocycles. The van der Waals surface area contributed by atoms with Crippen LogP contribution >= 0.6 is 0 Å². The van der Waals surface area contributed by atoms with Crippen molar-refractivity contribution in [2.24, 2.45) is 0 Å². The van der Waals surface area contributed by atoms with Gasteiger partial charge in [-0.25, -0.2) is 14.1 Å². The summed E-state index contributed by atoms with van der Waals surface area (Å²) in [5, 5.41) is 4.12. The monoisotopic (exact) mass is 409 g/mol. The number of hydrogen-bond acceptors (Lipinski definition) is 5. The summed E-state index contributed by atoms with van der Waals surface area (Å²) in [5.41, 5.74) is 2.15. The maximum Gasteiger partial charge on any atom is 0.137 e. The van der Waals surface area contributed by atoms with E-state index in [4.69, 9.17) is 4.74 Å². The van der Waals surface area contributed by atoms with E-state index in [9.17, 15) is 4.39 Å². The lowest BCUT2D eigenvalue weighted by Crippen LogP contribution is -2.46. The van der Waals surface area contributed by atoms with Gasteiger partial charge in [0.15, 0.2) is 0 Å². The van der Waals surface area contributed by atoms with Crippen LogP contribution in [0, 0.1) is 5.82 Å². The lowest BCUT2D eigenvalue weighted by Gasteiger charge is -2.36. The summed E-state index contributed by atoms with van der Waals surface area (Å²) in [4.78, 5) is 8.70. The second-order valence-electron chi connectivity index (χ2n) is 7.60. The highest BCUT2D eigenvalue weighted by molar-refractivity contribution is 5.46. The van der Waals surface area contributed by atoms with E-state index in [0.717, 1.165) is 63.6 Å². The fourth-order valence-corrected chi connectivity index (χ4v) is 3.72. The van der Waals surface area contributed by atoms with Crippen LogP contribution in [0.2, 0.25) is 0 Å². The molecule has 1 aromatic heterocycles. The Bertz CT molecular complexity index is 892. The minimum atomic E-state index is -0.167. The molecule has 1 saturated heterocycles. The van der Waals surface area contributed by atoms with Crippen LogP contribution in [0.4, 0.5) is 10.1 Å². The van der Waals surface area contributed by atoms with E-state index in [0.29, 0.717) is 6.54 Å². The topological polar surface area (TPSA) is 46.4 Å². The number of nitrogens with zero attached hydrogens (tertiary/aromatic N) is 5. The molecule has 3 aromatic rings. The summed E-state index contributed by atoms with van der Waals surface area (Å²) in [6.07, 6.45) is 5.41. The average Bonchev–Trinajstić information content (AvgIpc) is 3.28. The second kappa shape index (κ2) is 10.2. The molecular weight excluding hydrogens is 381 g/mol. The van der Waals surface area contributed by atoms with Crippen molar-refractivity contribution in [3.63, 3.8) is 0 Å². The number of hydrogen-bond donors (Lipinski definition) is 0. The molecule has 1 fully saturated rings. The number of halogens is 1. The zero-order valence-corrected chi connectivity index (χ0v) is 17.2. The SMILES string of the molecule is Fc1cccc(N2CCN(CCCCOc3ccc(Cn4cncn4)cc3)CC2)c1. The fraction of sp³-hybridized carbons (Fsp3) is 0.391. The summed E-state index contributed by atoms with van der Waals surface area (Å²) in [7, 11) is 0. The van der Waals surface area contributed by atoms with Gasteiger partial charge in [-0.1, -0.05) is 18.2 Å². The van der Waals surface area contributed by atoms with Gasteiger partial charge in [-0.3, -0.25) is 4.90 Å². The Hall–Kier alpha value is -2.93. The number of benzene rings is 2. The first-order valence-electron chi connectivity index (χ1n) is 10.5. The van der Waals surface area contributed by atoms with E-state index < -0.39 is 0 Å². The lowest BCUT2D eigenvalue weighted by atomic mass is 10.2. The Labute approximate surface area is 176 Å². The van der Waals surface area contributed by atoms with E-state index in [1.165, 1.54) is 11.6 Å². The number of piperazine rings is 1. The molecule has 0 spiro atoms. The van der Waals surface area contributed by atoms with Crippen LogP contribution in [0.15, 0.2) is 61.2 Å². The van der Waals surface area contributed by atoms with Crippen molar-refractivity contribution in [1.29, 1.82) is 0 Å². The zero-order chi connectivity index (χ0) is 20.6. The molecule has 2 heterocycles. The van der Waals surface area contributed by atoms with Gasteiger partial charge in [0.25, 0.3) is 0 Å². The Kier molecular flexibility index (Phi) is 6.92. The van der Waals surface area contributed by atoms with Crippen molar-refractivity contribution >= 4 is 5.69 Å². The van der Waals surface area contributed by atoms with Crippen LogP contribution in [-0.2, 0) is 6.54 Å². The minimum absolute atomic E-state index is 0.167. The van der Waals surface area contributed by atoms with E-state index >= 15 is 0 Å². The van der Waals surface area contributed by atoms with Crippen LogP contribution < -0.4 is 9.64 Å². The Balaban J connectivity index is 1.10. The maximum atomic E-state index is 13.4. The highest BCUT2D eigenvalue weighted by Gasteiger charge is 2.17.